The molecule has 3 heterocycles. The van der Waals surface area contributed by atoms with Crippen molar-refractivity contribution >= 4 is 22.7 Å². The Kier molecular flexibility index (Phi) is 4.72. The molecule has 1 aromatic carbocycles. The minimum atomic E-state index is -0.919. The highest BCUT2D eigenvalue weighted by atomic mass is 16.5. The lowest BCUT2D eigenvalue weighted by atomic mass is 10.1. The number of nitrogens with one attached hydrogen (secondary N) is 1. The molecule has 29 heavy (non-hydrogen) atoms. The number of rotatable bonds is 5. The second-order valence-electron chi connectivity index (χ2n) is 6.90. The lowest BCUT2D eigenvalue weighted by Gasteiger charge is -2.12. The third-order valence-electron chi connectivity index (χ3n) is 4.72. The number of aromatic amines is 1. The Morgan fingerprint density at radius 3 is 2.62 bits per heavy atom. The first-order valence-corrected chi connectivity index (χ1v) is 9.25. The molecule has 0 spiro atoms. The number of aromatic nitrogens is 4. The number of aryl methyl sites for hydroxylation is 2. The van der Waals surface area contributed by atoms with E-state index < -0.39 is 12.1 Å². The normalized spacial score (nSPS) is 12.1. The second kappa shape index (κ2) is 7.35. The van der Waals surface area contributed by atoms with Crippen molar-refractivity contribution in [2.45, 2.75) is 26.9 Å². The summed E-state index contributed by atoms with van der Waals surface area (Å²) >= 11 is 0. The van der Waals surface area contributed by atoms with E-state index in [1.54, 1.807) is 29.9 Å². The van der Waals surface area contributed by atoms with Gasteiger partial charge in [-0.15, -0.1) is 0 Å². The molecule has 7 heteroatoms. The minimum absolute atomic E-state index is 0.261. The van der Waals surface area contributed by atoms with Gasteiger partial charge in [0.25, 0.3) is 0 Å². The van der Waals surface area contributed by atoms with E-state index in [9.17, 15) is 9.59 Å². The zero-order valence-electron chi connectivity index (χ0n) is 16.3. The molecular formula is C22H20N4O3. The van der Waals surface area contributed by atoms with Gasteiger partial charge in [-0.25, -0.2) is 14.5 Å². The van der Waals surface area contributed by atoms with Crippen LogP contribution in [-0.4, -0.2) is 37.6 Å². The van der Waals surface area contributed by atoms with Crippen LogP contribution in [0.3, 0.4) is 0 Å². The molecule has 0 radical (unpaired) electrons. The van der Waals surface area contributed by atoms with Crippen LogP contribution in [-0.2, 0) is 4.74 Å². The monoisotopic (exact) mass is 388 g/mol. The topological polar surface area (TPSA) is 89.9 Å². The van der Waals surface area contributed by atoms with Crippen molar-refractivity contribution in [3.05, 3.63) is 77.4 Å². The molecule has 0 fully saturated rings. The standard InChI is InChI=1S/C22H20N4O3/c1-13-10-14(2)26(25-13)20-9-8-16(11-24-20)22(28)29-15(3)21(27)18-12-23-19-7-5-4-6-17(18)19/h4-12,15,23H,1-3H3. The molecule has 0 aliphatic heterocycles. The first kappa shape index (κ1) is 18.6. The second-order valence-corrected chi connectivity index (χ2v) is 6.90. The van der Waals surface area contributed by atoms with Crippen molar-refractivity contribution in [2.24, 2.45) is 0 Å². The maximum atomic E-state index is 12.7. The molecule has 0 aliphatic rings. The van der Waals surface area contributed by atoms with Crippen LogP contribution in [0, 0.1) is 13.8 Å². The van der Waals surface area contributed by atoms with Crippen molar-refractivity contribution in [3.63, 3.8) is 0 Å². The molecule has 7 nitrogen and oxygen atoms in total. The molecule has 0 saturated carbocycles. The highest BCUT2D eigenvalue weighted by molar-refractivity contribution is 6.10. The van der Waals surface area contributed by atoms with Crippen LogP contribution in [0.1, 0.15) is 39.0 Å². The number of ketones is 1. The van der Waals surface area contributed by atoms with E-state index in [4.69, 9.17) is 4.74 Å². The van der Waals surface area contributed by atoms with Crippen molar-refractivity contribution in [1.82, 2.24) is 19.7 Å². The number of carbonyl (C=O) groups is 2. The number of H-pyrrole nitrogens is 1. The summed E-state index contributed by atoms with van der Waals surface area (Å²) in [6, 6.07) is 12.8. The smallest absolute Gasteiger partial charge is 0.340 e. The van der Waals surface area contributed by atoms with E-state index >= 15 is 0 Å². The van der Waals surface area contributed by atoms with Crippen molar-refractivity contribution < 1.29 is 14.3 Å². The number of hydrogen-bond donors (Lipinski definition) is 1. The summed E-state index contributed by atoms with van der Waals surface area (Å²) in [5.74, 6) is -0.254. The highest BCUT2D eigenvalue weighted by Crippen LogP contribution is 2.20. The number of para-hydroxylation sites is 1. The van der Waals surface area contributed by atoms with Gasteiger partial charge in [-0.1, -0.05) is 18.2 Å². The molecule has 0 bridgehead atoms. The first-order chi connectivity index (χ1) is 13.9. The average Bonchev–Trinajstić information content (AvgIpc) is 3.30. The highest BCUT2D eigenvalue weighted by Gasteiger charge is 2.23. The average molecular weight is 388 g/mol. The van der Waals surface area contributed by atoms with E-state index in [1.807, 2.05) is 44.2 Å². The van der Waals surface area contributed by atoms with E-state index in [1.165, 1.54) is 6.20 Å². The van der Waals surface area contributed by atoms with Crippen LogP contribution in [0.4, 0.5) is 0 Å². The fraction of sp³-hybridized carbons (Fsp3) is 0.182. The summed E-state index contributed by atoms with van der Waals surface area (Å²) in [6.45, 7) is 5.41. The molecule has 0 amide bonds. The van der Waals surface area contributed by atoms with Crippen LogP contribution in [0.5, 0.6) is 0 Å². The number of esters is 1. The molecule has 0 saturated heterocycles. The van der Waals surface area contributed by atoms with Gasteiger partial charge in [-0.2, -0.15) is 5.10 Å². The van der Waals surface area contributed by atoms with Crippen LogP contribution >= 0.6 is 0 Å². The Bertz CT molecular complexity index is 1200. The molecule has 4 rings (SSSR count). The summed E-state index contributed by atoms with van der Waals surface area (Å²) in [5.41, 5.74) is 3.46. The van der Waals surface area contributed by atoms with Crippen LogP contribution in [0.2, 0.25) is 0 Å². The number of benzene rings is 1. The fourth-order valence-electron chi connectivity index (χ4n) is 3.27. The predicted molar refractivity (Wildman–Crippen MR) is 108 cm³/mol. The molecule has 4 aromatic rings. The van der Waals surface area contributed by atoms with E-state index in [0.717, 1.165) is 22.3 Å². The molecule has 146 valence electrons. The lowest BCUT2D eigenvalue weighted by molar-refractivity contribution is 0.0319. The molecule has 3 aromatic heterocycles. The zero-order chi connectivity index (χ0) is 20.5. The van der Waals surface area contributed by atoms with Gasteiger partial charge in [0, 0.05) is 34.6 Å². The van der Waals surface area contributed by atoms with E-state index in [-0.39, 0.29) is 11.3 Å². The summed E-state index contributed by atoms with van der Waals surface area (Å²) in [5, 5.41) is 5.17. The lowest BCUT2D eigenvalue weighted by Crippen LogP contribution is -2.24. The Labute approximate surface area is 167 Å². The van der Waals surface area contributed by atoms with E-state index in [2.05, 4.69) is 15.1 Å². The van der Waals surface area contributed by atoms with Crippen LogP contribution < -0.4 is 0 Å². The van der Waals surface area contributed by atoms with Gasteiger partial charge >= 0.3 is 5.97 Å². The van der Waals surface area contributed by atoms with Gasteiger partial charge in [0.15, 0.2) is 11.9 Å². The molecule has 1 N–H and O–H groups in total. The Morgan fingerprint density at radius 2 is 1.93 bits per heavy atom. The fourth-order valence-corrected chi connectivity index (χ4v) is 3.27. The zero-order valence-corrected chi connectivity index (χ0v) is 16.3. The number of pyridine rings is 1. The van der Waals surface area contributed by atoms with Gasteiger partial charge in [-0.3, -0.25) is 4.79 Å². The number of nitrogens with zero attached hydrogens (tertiary/aromatic N) is 3. The van der Waals surface area contributed by atoms with Crippen LogP contribution in [0.15, 0.2) is 54.9 Å². The van der Waals surface area contributed by atoms with Gasteiger partial charge < -0.3 is 9.72 Å². The maximum Gasteiger partial charge on any atom is 0.340 e. The maximum absolute atomic E-state index is 12.7. The first-order valence-electron chi connectivity index (χ1n) is 9.25. The summed E-state index contributed by atoms with van der Waals surface area (Å²) < 4.78 is 7.08. The Hall–Kier alpha value is -3.74. The Balaban J connectivity index is 1.48. The van der Waals surface area contributed by atoms with Crippen LogP contribution in [0.25, 0.3) is 16.7 Å². The summed E-state index contributed by atoms with van der Waals surface area (Å²) in [7, 11) is 0. The molecule has 0 aliphatic carbocycles. The minimum Gasteiger partial charge on any atom is -0.451 e. The third kappa shape index (κ3) is 3.54. The Morgan fingerprint density at radius 1 is 1.14 bits per heavy atom. The number of fused-ring (bicyclic) bond motifs is 1. The SMILES string of the molecule is Cc1cc(C)n(-c2ccc(C(=O)OC(C)C(=O)c3c[nH]c4ccccc34)cn2)n1. The van der Waals surface area contributed by atoms with Crippen molar-refractivity contribution in [2.75, 3.05) is 0 Å². The predicted octanol–water partition coefficient (Wildman–Crippen LogP) is 3.79. The third-order valence-corrected chi connectivity index (χ3v) is 4.72. The number of hydrogen-bond acceptors (Lipinski definition) is 5. The van der Waals surface area contributed by atoms with E-state index in [0.29, 0.717) is 11.4 Å². The van der Waals surface area contributed by atoms with Gasteiger partial charge in [0.1, 0.15) is 0 Å². The summed E-state index contributed by atoms with van der Waals surface area (Å²) in [6.07, 6.45) is 2.15. The number of carbonyl (C=O) groups excluding carboxylic acids is 2. The number of ether oxygens (including phenoxy) is 1. The summed E-state index contributed by atoms with van der Waals surface area (Å²) in [4.78, 5) is 32.6. The van der Waals surface area contributed by atoms with Crippen molar-refractivity contribution in [1.29, 1.82) is 0 Å². The van der Waals surface area contributed by atoms with Gasteiger partial charge in [0.2, 0.25) is 5.78 Å². The largest absolute Gasteiger partial charge is 0.451 e. The number of Topliss-reactive ketones (excluding diaryl/α,β-unsaturated/α-hetero) is 1. The molecule has 1 unspecified atom stereocenters. The molecular weight excluding hydrogens is 368 g/mol. The van der Waals surface area contributed by atoms with Gasteiger partial charge in [0.05, 0.1) is 11.3 Å². The van der Waals surface area contributed by atoms with Gasteiger partial charge in [-0.05, 0) is 45.0 Å². The van der Waals surface area contributed by atoms with Crippen molar-refractivity contribution in [3.8, 4) is 5.82 Å². The molecule has 1 atom stereocenters. The quantitative estimate of drug-likeness (QED) is 0.415.